The van der Waals surface area contributed by atoms with Crippen molar-refractivity contribution in [2.75, 3.05) is 17.6 Å². The Morgan fingerprint density at radius 3 is 1.74 bits per heavy atom. The van der Waals surface area contributed by atoms with Crippen LogP contribution in [-0.2, 0) is 54.5 Å². The molecule has 2 heterocycles. The second-order valence-electron chi connectivity index (χ2n) is 15.5. The fourth-order valence-electron chi connectivity index (χ4n) is 6.17. The van der Waals surface area contributed by atoms with E-state index < -0.39 is 145 Å². The van der Waals surface area contributed by atoms with Crippen LogP contribution in [0.15, 0.2) is 35.3 Å². The van der Waals surface area contributed by atoms with Gasteiger partial charge in [-0.25, -0.2) is 14.8 Å². The first kappa shape index (κ1) is 56.8. The third-order valence-electron chi connectivity index (χ3n) is 9.77. The van der Waals surface area contributed by atoms with Gasteiger partial charge in [-0.2, -0.15) is 4.98 Å². The average Bonchev–Trinajstić information content (AvgIpc) is 3.29. The highest BCUT2D eigenvalue weighted by atomic mass is 16.4. The van der Waals surface area contributed by atoms with Gasteiger partial charge in [0.1, 0.15) is 36.3 Å². The molecule has 6 amide bonds. The number of nitrogens with zero attached hydrogens (tertiary/aromatic N) is 3. The van der Waals surface area contributed by atoms with Crippen molar-refractivity contribution >= 4 is 94.0 Å². The van der Waals surface area contributed by atoms with Gasteiger partial charge in [0.15, 0.2) is 17.1 Å². The summed E-state index contributed by atoms with van der Waals surface area (Å²) in [6.07, 6.45) is -3.82. The number of nitrogens with one attached hydrogen (secondary N) is 10. The molecule has 32 heteroatoms. The molecule has 0 radical (unpaired) electrons. The van der Waals surface area contributed by atoms with Gasteiger partial charge in [0, 0.05) is 24.2 Å². The fourth-order valence-corrected chi connectivity index (χ4v) is 6.17. The Morgan fingerprint density at radius 1 is 0.681 bits per heavy atom. The van der Waals surface area contributed by atoms with E-state index in [2.05, 4.69) is 51.8 Å². The van der Waals surface area contributed by atoms with Crippen LogP contribution in [0.3, 0.4) is 0 Å². The smallest absolute Gasteiger partial charge is 0.326 e. The molecular weight excluding hydrogens is 963 g/mol. The summed E-state index contributed by atoms with van der Waals surface area (Å²) in [7, 11) is 0. The van der Waals surface area contributed by atoms with Crippen molar-refractivity contribution in [3.05, 3.63) is 52.1 Å². The molecular formula is C40H51N15O17. The van der Waals surface area contributed by atoms with Gasteiger partial charge in [0.05, 0.1) is 37.7 Å². The fraction of sp³-hybridized carbons (Fsp3) is 0.400. The van der Waals surface area contributed by atoms with E-state index >= 15 is 0 Å². The van der Waals surface area contributed by atoms with E-state index in [9.17, 15) is 78.0 Å². The van der Waals surface area contributed by atoms with E-state index in [4.69, 9.17) is 22.0 Å². The summed E-state index contributed by atoms with van der Waals surface area (Å²) in [5.74, 6) is -16.0. The Labute approximate surface area is 404 Å². The number of guanidine groups is 1. The summed E-state index contributed by atoms with van der Waals surface area (Å²) in [6.45, 7) is 1.01. The summed E-state index contributed by atoms with van der Waals surface area (Å²) in [5.41, 5.74) is 11.0. The number of carboxylic acid groups (broad SMARTS) is 5. The topological polar surface area (TPSA) is 533 Å². The quantitative estimate of drug-likeness (QED) is 0.0176. The van der Waals surface area contributed by atoms with Crippen LogP contribution in [0, 0.1) is 5.41 Å². The van der Waals surface area contributed by atoms with Crippen LogP contribution in [0.25, 0.3) is 11.2 Å². The Bertz CT molecular complexity index is 2630. The number of rotatable bonds is 29. The van der Waals surface area contributed by atoms with Crippen LogP contribution in [-0.4, -0.2) is 160 Å². The molecule has 0 saturated carbocycles. The number of fused-ring (bicyclic) bond motifs is 1. The van der Waals surface area contributed by atoms with E-state index in [1.807, 2.05) is 10.6 Å². The van der Waals surface area contributed by atoms with Crippen molar-refractivity contribution in [2.45, 2.75) is 94.7 Å². The minimum absolute atomic E-state index is 0.00172. The van der Waals surface area contributed by atoms with Crippen LogP contribution in [0.1, 0.15) is 67.9 Å². The van der Waals surface area contributed by atoms with Crippen LogP contribution < -0.4 is 59.6 Å². The number of benzene rings is 1. The van der Waals surface area contributed by atoms with Crippen molar-refractivity contribution in [2.24, 2.45) is 5.73 Å². The number of anilines is 2. The first-order chi connectivity index (χ1) is 33.8. The van der Waals surface area contributed by atoms with Gasteiger partial charge in [0.2, 0.25) is 35.5 Å². The Morgan fingerprint density at radius 2 is 1.21 bits per heavy atom. The molecule has 1 aromatic carbocycles. The standard InChI is InChI=1S/C40H51N15O17/c1-16(37(69)70)47-33(65)23(12-27(59)60)53-35(67)24(13-28(61)62)52-32(64)20(3-2-10-44-39(41)42)50-34(66)22(11-26(57)58)49-25(56)9-8-21(38(71)72)51-31(63)17-4-6-18(7-5-17)45-14-19-15-46-30-29(48-19)36(68)55-40(43)54-30/h4-7,15-16,20-24,45H,2-3,8-14H2,1H3,(H,47,65)(H,49,56)(H,50,66)(H,51,63)(H,52,64)(H,53,67)(H,57,58)(H,59,60)(H,61,62)(H,69,70)(H,71,72)(H4,41,42,44)(H3,43,46,54,55,68)/t16-,20-,21-,22-,23-,24-/m0/s1. The molecule has 0 spiro atoms. The minimum Gasteiger partial charge on any atom is -0.481 e. The SMILES string of the molecule is C[C@H](NC(=O)[C@H](CC(=O)O)NC(=O)[C@H](CC(=O)O)NC(=O)[C@H](CCCNC(=N)N)NC(=O)[C@H](CC(=O)O)NC(=O)CC[C@H](NC(=O)c1ccc(NCc2cnc3nc(N)[nH]c(=O)c3n2)cc1)C(=O)O)C(=O)O. The van der Waals surface area contributed by atoms with Gasteiger partial charge in [-0.3, -0.25) is 63.1 Å². The van der Waals surface area contributed by atoms with Crippen LogP contribution in [0.4, 0.5) is 11.6 Å². The molecule has 0 fully saturated rings. The summed E-state index contributed by atoms with van der Waals surface area (Å²) in [6, 6.07) is -5.39. The summed E-state index contributed by atoms with van der Waals surface area (Å²) < 4.78 is 0. The number of aliphatic carboxylic acids is 5. The maximum Gasteiger partial charge on any atom is 0.326 e. The van der Waals surface area contributed by atoms with Crippen LogP contribution in [0.2, 0.25) is 0 Å². The summed E-state index contributed by atoms with van der Waals surface area (Å²) in [5, 5.41) is 72.6. The first-order valence-electron chi connectivity index (χ1n) is 21.2. The van der Waals surface area contributed by atoms with E-state index in [0.717, 1.165) is 6.92 Å². The summed E-state index contributed by atoms with van der Waals surface area (Å²) >= 11 is 0. The maximum atomic E-state index is 13.6. The number of hydrogen-bond donors (Lipinski definition) is 17. The number of aromatic amines is 1. The van der Waals surface area contributed by atoms with Crippen LogP contribution >= 0.6 is 0 Å². The van der Waals surface area contributed by atoms with E-state index in [0.29, 0.717) is 11.4 Å². The monoisotopic (exact) mass is 1010 g/mol. The molecule has 19 N–H and O–H groups in total. The molecule has 6 atom stereocenters. The predicted octanol–water partition coefficient (Wildman–Crippen LogP) is -4.91. The van der Waals surface area contributed by atoms with Gasteiger partial charge in [0.25, 0.3) is 11.5 Å². The van der Waals surface area contributed by atoms with Gasteiger partial charge >= 0.3 is 29.8 Å². The molecule has 0 aliphatic heterocycles. The van der Waals surface area contributed by atoms with Crippen molar-refractivity contribution in [3.8, 4) is 0 Å². The van der Waals surface area contributed by atoms with Gasteiger partial charge in [-0.05, 0) is 50.5 Å². The maximum absolute atomic E-state index is 13.6. The molecule has 0 bridgehead atoms. The molecule has 0 saturated heterocycles. The lowest BCUT2D eigenvalue weighted by atomic mass is 10.1. The van der Waals surface area contributed by atoms with E-state index in [1.165, 1.54) is 30.5 Å². The number of nitrogen functional groups attached to an aromatic ring is 1. The number of amides is 6. The zero-order valence-corrected chi connectivity index (χ0v) is 37.8. The Kier molecular flexibility index (Phi) is 21.2. The zero-order valence-electron chi connectivity index (χ0n) is 37.8. The lowest BCUT2D eigenvalue weighted by Gasteiger charge is -2.26. The Hall–Kier alpha value is -9.52. The second-order valence-corrected chi connectivity index (χ2v) is 15.5. The molecule has 32 nitrogen and oxygen atoms in total. The first-order valence-corrected chi connectivity index (χ1v) is 21.2. The summed E-state index contributed by atoms with van der Waals surface area (Å²) in [4.78, 5) is 164. The van der Waals surface area contributed by atoms with Crippen LogP contribution in [0.5, 0.6) is 0 Å². The molecule has 0 aliphatic rings. The molecule has 3 rings (SSSR count). The predicted molar refractivity (Wildman–Crippen MR) is 243 cm³/mol. The highest BCUT2D eigenvalue weighted by molar-refractivity contribution is 5.99. The van der Waals surface area contributed by atoms with Crippen molar-refractivity contribution < 1.29 is 78.3 Å². The third kappa shape index (κ3) is 18.9. The molecule has 72 heavy (non-hydrogen) atoms. The van der Waals surface area contributed by atoms with Crippen molar-refractivity contribution in [3.63, 3.8) is 0 Å². The Balaban J connectivity index is 1.70. The van der Waals surface area contributed by atoms with E-state index in [1.54, 1.807) is 0 Å². The number of hydrogen-bond acceptors (Lipinski definition) is 18. The minimum atomic E-state index is -2.09. The van der Waals surface area contributed by atoms with Gasteiger partial charge in [-0.15, -0.1) is 0 Å². The number of H-pyrrole nitrogens is 1. The number of aromatic nitrogens is 4. The number of nitrogens with two attached hydrogens (primary N) is 2. The molecule has 3 aromatic rings. The highest BCUT2D eigenvalue weighted by Crippen LogP contribution is 2.13. The molecule has 0 aliphatic carbocycles. The molecule has 0 unspecified atom stereocenters. The van der Waals surface area contributed by atoms with Crippen molar-refractivity contribution in [1.82, 2.24) is 57.2 Å². The molecule has 388 valence electrons. The lowest BCUT2D eigenvalue weighted by Crippen LogP contribution is -2.59. The highest BCUT2D eigenvalue weighted by Gasteiger charge is 2.34. The zero-order chi connectivity index (χ0) is 53.8. The van der Waals surface area contributed by atoms with Crippen molar-refractivity contribution in [1.29, 1.82) is 5.41 Å². The largest absolute Gasteiger partial charge is 0.481 e. The van der Waals surface area contributed by atoms with Gasteiger partial charge in [-0.1, -0.05) is 0 Å². The second kappa shape index (κ2) is 26.9. The van der Waals surface area contributed by atoms with Gasteiger partial charge < -0.3 is 79.5 Å². The molecule has 2 aromatic heterocycles. The lowest BCUT2D eigenvalue weighted by molar-refractivity contribution is -0.145. The normalized spacial score (nSPS) is 13.2. The third-order valence-corrected chi connectivity index (χ3v) is 9.77. The number of carbonyl (C=O) groups is 11. The average molecular weight is 1010 g/mol. The number of carboxylic acids is 5. The number of carbonyl (C=O) groups excluding carboxylic acids is 6. The van der Waals surface area contributed by atoms with E-state index in [-0.39, 0.29) is 48.6 Å².